The van der Waals surface area contributed by atoms with Gasteiger partial charge in [0.2, 0.25) is 5.91 Å². The fraction of sp³-hybridized carbons (Fsp3) is 0.100. The fourth-order valence-electron chi connectivity index (χ4n) is 2.92. The smallest absolute Gasteiger partial charge is 0.269 e. The second kappa shape index (κ2) is 7.36. The Morgan fingerprint density at radius 3 is 2.64 bits per heavy atom. The molecule has 0 saturated carbocycles. The van der Waals surface area contributed by atoms with Crippen molar-refractivity contribution in [3.63, 3.8) is 0 Å². The molecule has 0 spiro atoms. The van der Waals surface area contributed by atoms with Crippen molar-refractivity contribution in [1.82, 2.24) is 24.5 Å². The predicted octanol–water partition coefficient (Wildman–Crippen LogP) is 2.10. The lowest BCUT2D eigenvalue weighted by Gasteiger charge is -2.08. The molecule has 1 aromatic carbocycles. The first-order valence-electron chi connectivity index (χ1n) is 8.70. The number of amides is 2. The minimum absolute atomic E-state index is 0.126. The van der Waals surface area contributed by atoms with E-state index in [-0.39, 0.29) is 18.4 Å². The molecule has 0 atom stereocenters. The van der Waals surface area contributed by atoms with E-state index in [1.807, 2.05) is 59.3 Å². The van der Waals surface area contributed by atoms with Gasteiger partial charge in [-0.15, -0.1) is 0 Å². The Bertz CT molecular complexity index is 1140. The first-order valence-corrected chi connectivity index (χ1v) is 8.70. The number of nitrogens with one attached hydrogen (secondary N) is 2. The lowest BCUT2D eigenvalue weighted by Crippen LogP contribution is -2.33. The van der Waals surface area contributed by atoms with E-state index in [0.717, 1.165) is 16.9 Å². The Balaban J connectivity index is 1.38. The van der Waals surface area contributed by atoms with Crippen LogP contribution in [0.2, 0.25) is 0 Å². The van der Waals surface area contributed by atoms with Gasteiger partial charge in [-0.1, -0.05) is 18.2 Å². The molecule has 2 N–H and O–H groups in total. The summed E-state index contributed by atoms with van der Waals surface area (Å²) in [4.78, 5) is 28.5. The molecule has 0 aliphatic rings. The van der Waals surface area contributed by atoms with Crippen molar-refractivity contribution in [1.29, 1.82) is 0 Å². The molecular formula is C20H18N6O2. The maximum atomic E-state index is 12.1. The molecule has 0 radical (unpaired) electrons. The van der Waals surface area contributed by atoms with Crippen LogP contribution in [0.4, 0.5) is 5.69 Å². The number of anilines is 1. The number of carbonyl (C=O) groups excluding carboxylic acids is 2. The average molecular weight is 374 g/mol. The van der Waals surface area contributed by atoms with E-state index in [2.05, 4.69) is 20.7 Å². The Hall–Kier alpha value is -3.94. The summed E-state index contributed by atoms with van der Waals surface area (Å²) in [5.41, 5.74) is 3.87. The van der Waals surface area contributed by atoms with Crippen LogP contribution in [0, 0.1) is 0 Å². The highest BCUT2D eigenvalue weighted by Gasteiger charge is 2.11. The molecule has 28 heavy (non-hydrogen) atoms. The second-order valence-electron chi connectivity index (χ2n) is 6.22. The van der Waals surface area contributed by atoms with Crippen LogP contribution in [0.25, 0.3) is 16.9 Å². The number of hydrogen-bond donors (Lipinski definition) is 2. The summed E-state index contributed by atoms with van der Waals surface area (Å²) in [5, 5.41) is 9.27. The van der Waals surface area contributed by atoms with E-state index in [4.69, 9.17) is 0 Å². The van der Waals surface area contributed by atoms with Gasteiger partial charge >= 0.3 is 0 Å². The van der Waals surface area contributed by atoms with Gasteiger partial charge in [-0.05, 0) is 30.3 Å². The van der Waals surface area contributed by atoms with E-state index < -0.39 is 0 Å². The van der Waals surface area contributed by atoms with Crippen LogP contribution in [0.1, 0.15) is 10.5 Å². The highest BCUT2D eigenvalue weighted by molar-refractivity contribution is 5.98. The Morgan fingerprint density at radius 1 is 1.07 bits per heavy atom. The standard InChI is InChI=1S/C20H18N6O2/c1-25-16(9-10-23-25)20(28)22-13-19(27)24-15-7-5-14(6-8-15)17-12-21-18-4-2-3-11-26(17)18/h2-12H,13H2,1H3,(H,22,28)(H,24,27). The van der Waals surface area contributed by atoms with Crippen molar-refractivity contribution in [2.24, 2.45) is 7.05 Å². The molecule has 0 saturated heterocycles. The Labute approximate surface area is 160 Å². The maximum absolute atomic E-state index is 12.1. The van der Waals surface area contributed by atoms with Crippen LogP contribution >= 0.6 is 0 Å². The average Bonchev–Trinajstić information content (AvgIpc) is 3.33. The molecular weight excluding hydrogens is 356 g/mol. The number of fused-ring (bicyclic) bond motifs is 1. The number of carbonyl (C=O) groups is 2. The predicted molar refractivity (Wildman–Crippen MR) is 105 cm³/mol. The number of rotatable bonds is 5. The number of aryl methyl sites for hydroxylation is 1. The van der Waals surface area contributed by atoms with E-state index in [9.17, 15) is 9.59 Å². The van der Waals surface area contributed by atoms with E-state index in [1.54, 1.807) is 13.1 Å². The molecule has 8 heteroatoms. The van der Waals surface area contributed by atoms with Gasteiger partial charge in [0.05, 0.1) is 18.4 Å². The van der Waals surface area contributed by atoms with E-state index in [0.29, 0.717) is 11.4 Å². The molecule has 3 aromatic heterocycles. The van der Waals surface area contributed by atoms with Crippen LogP contribution in [0.15, 0.2) is 67.1 Å². The first kappa shape index (κ1) is 17.5. The van der Waals surface area contributed by atoms with E-state index >= 15 is 0 Å². The quantitative estimate of drug-likeness (QED) is 0.559. The highest BCUT2D eigenvalue weighted by Crippen LogP contribution is 2.22. The molecule has 3 heterocycles. The monoisotopic (exact) mass is 374 g/mol. The second-order valence-corrected chi connectivity index (χ2v) is 6.22. The van der Waals surface area contributed by atoms with Crippen molar-refractivity contribution in [2.45, 2.75) is 0 Å². The summed E-state index contributed by atoms with van der Waals surface area (Å²) in [5.74, 6) is -0.656. The molecule has 0 bridgehead atoms. The zero-order valence-electron chi connectivity index (χ0n) is 15.2. The SMILES string of the molecule is Cn1nccc1C(=O)NCC(=O)Nc1ccc(-c2cnc3ccccn23)cc1. The highest BCUT2D eigenvalue weighted by atomic mass is 16.2. The molecule has 0 aliphatic carbocycles. The number of imidazole rings is 1. The maximum Gasteiger partial charge on any atom is 0.269 e. The number of nitrogens with zero attached hydrogens (tertiary/aromatic N) is 4. The lowest BCUT2D eigenvalue weighted by atomic mass is 10.1. The molecule has 4 rings (SSSR count). The zero-order valence-corrected chi connectivity index (χ0v) is 15.2. The fourth-order valence-corrected chi connectivity index (χ4v) is 2.92. The summed E-state index contributed by atoms with van der Waals surface area (Å²) < 4.78 is 3.45. The summed E-state index contributed by atoms with van der Waals surface area (Å²) in [6.45, 7) is -0.126. The number of hydrogen-bond acceptors (Lipinski definition) is 4. The van der Waals surface area contributed by atoms with Gasteiger partial charge in [0.1, 0.15) is 11.3 Å². The summed E-state index contributed by atoms with van der Waals surface area (Å²) in [6, 6.07) is 14.9. The largest absolute Gasteiger partial charge is 0.342 e. The minimum Gasteiger partial charge on any atom is -0.342 e. The number of aromatic nitrogens is 4. The summed E-state index contributed by atoms with van der Waals surface area (Å²) >= 11 is 0. The summed E-state index contributed by atoms with van der Waals surface area (Å²) in [7, 11) is 1.67. The third kappa shape index (κ3) is 3.48. The normalized spacial score (nSPS) is 10.8. The van der Waals surface area contributed by atoms with Crippen molar-refractivity contribution < 1.29 is 9.59 Å². The van der Waals surface area contributed by atoms with Crippen molar-refractivity contribution in [3.8, 4) is 11.3 Å². The third-order valence-electron chi connectivity index (χ3n) is 4.34. The van der Waals surface area contributed by atoms with Gasteiger partial charge in [-0.25, -0.2) is 4.98 Å². The number of benzene rings is 1. The Morgan fingerprint density at radius 2 is 1.89 bits per heavy atom. The molecule has 0 fully saturated rings. The molecule has 4 aromatic rings. The van der Waals surface area contributed by atoms with Crippen molar-refractivity contribution >= 4 is 23.1 Å². The van der Waals surface area contributed by atoms with Gasteiger partial charge in [-0.3, -0.25) is 18.7 Å². The van der Waals surface area contributed by atoms with Crippen LogP contribution in [-0.4, -0.2) is 37.5 Å². The van der Waals surface area contributed by atoms with E-state index in [1.165, 1.54) is 10.9 Å². The van der Waals surface area contributed by atoms with Crippen molar-refractivity contribution in [3.05, 3.63) is 72.8 Å². The molecule has 0 unspecified atom stereocenters. The molecule has 8 nitrogen and oxygen atoms in total. The minimum atomic E-state index is -0.349. The summed E-state index contributed by atoms with van der Waals surface area (Å²) in [6.07, 6.45) is 5.30. The van der Waals surface area contributed by atoms with Gasteiger partial charge in [0.25, 0.3) is 5.91 Å². The van der Waals surface area contributed by atoms with Gasteiger partial charge in [0.15, 0.2) is 0 Å². The number of pyridine rings is 1. The zero-order chi connectivity index (χ0) is 19.5. The molecule has 0 aliphatic heterocycles. The lowest BCUT2D eigenvalue weighted by molar-refractivity contribution is -0.115. The van der Waals surface area contributed by atoms with Gasteiger partial charge < -0.3 is 10.6 Å². The van der Waals surface area contributed by atoms with Crippen LogP contribution in [-0.2, 0) is 11.8 Å². The van der Waals surface area contributed by atoms with Crippen LogP contribution < -0.4 is 10.6 Å². The third-order valence-corrected chi connectivity index (χ3v) is 4.34. The molecule has 140 valence electrons. The first-order chi connectivity index (χ1) is 13.6. The van der Waals surface area contributed by atoms with Crippen LogP contribution in [0.3, 0.4) is 0 Å². The van der Waals surface area contributed by atoms with Gasteiger partial charge in [-0.2, -0.15) is 5.10 Å². The van der Waals surface area contributed by atoms with Crippen molar-refractivity contribution in [2.75, 3.05) is 11.9 Å². The topological polar surface area (TPSA) is 93.3 Å². The van der Waals surface area contributed by atoms with Crippen LogP contribution in [0.5, 0.6) is 0 Å². The van der Waals surface area contributed by atoms with Gasteiger partial charge in [0, 0.05) is 30.7 Å². The molecule has 2 amide bonds. The Kier molecular flexibility index (Phi) is 4.59.